The number of fused-ring (bicyclic) bond motifs is 2. The first kappa shape index (κ1) is 24.8. The Morgan fingerprint density at radius 1 is 0.450 bits per heavy atom. The van der Waals surface area contributed by atoms with E-state index in [2.05, 4.69) is 149 Å². The lowest BCUT2D eigenvalue weighted by Crippen LogP contribution is -2.57. The molecule has 1 heteroatoms. The van der Waals surface area contributed by atoms with Crippen molar-refractivity contribution in [2.75, 3.05) is 0 Å². The third-order valence-electron chi connectivity index (χ3n) is 9.08. The second-order valence-electron chi connectivity index (χ2n) is 11.8. The van der Waals surface area contributed by atoms with Gasteiger partial charge >= 0.3 is 0 Å². The van der Waals surface area contributed by atoms with Crippen LogP contribution in [0.3, 0.4) is 0 Å². The highest BCUT2D eigenvalue weighted by atomic mass is 28.3. The molecule has 6 aromatic rings. The molecule has 0 radical (unpaired) electrons. The maximum Gasteiger partial charge on any atom is 0.114 e. The molecule has 1 aliphatic rings. The average Bonchev–Trinajstić information content (AvgIpc) is 2.97. The molecule has 40 heavy (non-hydrogen) atoms. The summed E-state index contributed by atoms with van der Waals surface area (Å²) in [5.41, 5.74) is 15.0. The molecule has 6 aromatic carbocycles. The molecule has 0 bridgehead atoms. The first-order valence-electron chi connectivity index (χ1n) is 14.3. The molecule has 0 spiro atoms. The molecule has 0 aliphatic carbocycles. The first-order chi connectivity index (χ1) is 19.4. The second kappa shape index (κ2) is 9.18. The highest BCUT2D eigenvalue weighted by Crippen LogP contribution is 2.49. The fourth-order valence-electron chi connectivity index (χ4n) is 7.35. The van der Waals surface area contributed by atoms with E-state index in [4.69, 9.17) is 0 Å². The van der Waals surface area contributed by atoms with Crippen LogP contribution in [0.1, 0.15) is 16.7 Å². The third kappa shape index (κ3) is 3.51. The van der Waals surface area contributed by atoms with Gasteiger partial charge in [0, 0.05) is 0 Å². The van der Waals surface area contributed by atoms with Gasteiger partial charge < -0.3 is 0 Å². The van der Waals surface area contributed by atoms with Crippen molar-refractivity contribution in [3.63, 3.8) is 0 Å². The van der Waals surface area contributed by atoms with Gasteiger partial charge in [-0.2, -0.15) is 0 Å². The minimum absolute atomic E-state index is 1.30. The molecule has 0 saturated carbocycles. The van der Waals surface area contributed by atoms with E-state index in [1.54, 1.807) is 10.4 Å². The van der Waals surface area contributed by atoms with E-state index in [0.29, 0.717) is 0 Å². The summed E-state index contributed by atoms with van der Waals surface area (Å²) >= 11 is 0. The summed E-state index contributed by atoms with van der Waals surface area (Å²) in [7, 11) is -2.18. The van der Waals surface area contributed by atoms with Gasteiger partial charge in [-0.05, 0) is 103 Å². The van der Waals surface area contributed by atoms with E-state index >= 15 is 0 Å². The number of benzene rings is 6. The largest absolute Gasteiger partial charge is 0.114 e. The zero-order chi connectivity index (χ0) is 27.6. The molecule has 1 heterocycles. The Labute approximate surface area is 239 Å². The van der Waals surface area contributed by atoms with E-state index < -0.39 is 8.07 Å². The summed E-state index contributed by atoms with van der Waals surface area (Å²) in [4.78, 5) is 0. The van der Waals surface area contributed by atoms with Crippen LogP contribution in [0.4, 0.5) is 0 Å². The van der Waals surface area contributed by atoms with Gasteiger partial charge in [-0.15, -0.1) is 0 Å². The van der Waals surface area contributed by atoms with Crippen LogP contribution in [0.2, 0.25) is 13.1 Å². The van der Waals surface area contributed by atoms with E-state index in [1.807, 2.05) is 0 Å². The standard InChI is InChI=1S/C39H34Si/c1-25-15-12-16-26(2)33(25)35-27(3)34(28-17-8-6-9-18-28)38-31-23-13-21-29-22-14-24-32(36(29)31)40(4,5)39(38)37(35)30-19-10-7-11-20-30/h6-24H,1-5H3. The van der Waals surface area contributed by atoms with Crippen LogP contribution < -0.4 is 10.4 Å². The quantitative estimate of drug-likeness (QED) is 0.200. The van der Waals surface area contributed by atoms with Crippen molar-refractivity contribution in [3.8, 4) is 44.5 Å². The van der Waals surface area contributed by atoms with Crippen molar-refractivity contribution in [1.82, 2.24) is 0 Å². The Bertz CT molecular complexity index is 1900. The molecular weight excluding hydrogens is 497 g/mol. The molecule has 0 unspecified atom stereocenters. The number of aryl methyl sites for hydroxylation is 2. The fourth-order valence-corrected chi connectivity index (χ4v) is 10.8. The molecule has 0 nitrogen and oxygen atoms in total. The molecule has 7 rings (SSSR count). The molecule has 0 N–H and O–H groups in total. The molecule has 0 amide bonds. The van der Waals surface area contributed by atoms with Crippen molar-refractivity contribution in [1.29, 1.82) is 0 Å². The Morgan fingerprint density at radius 2 is 1.00 bits per heavy atom. The topological polar surface area (TPSA) is 0 Å². The van der Waals surface area contributed by atoms with Gasteiger partial charge in [-0.1, -0.05) is 128 Å². The Morgan fingerprint density at radius 3 is 1.62 bits per heavy atom. The zero-order valence-corrected chi connectivity index (χ0v) is 25.0. The van der Waals surface area contributed by atoms with Crippen LogP contribution in [0.15, 0.2) is 115 Å². The maximum absolute atomic E-state index is 2.57. The molecule has 0 saturated heterocycles. The van der Waals surface area contributed by atoms with Gasteiger partial charge in [0.2, 0.25) is 0 Å². The molecule has 0 fully saturated rings. The van der Waals surface area contributed by atoms with Gasteiger partial charge in [-0.25, -0.2) is 0 Å². The molecule has 194 valence electrons. The molecular formula is C39H34Si. The average molecular weight is 531 g/mol. The second-order valence-corrected chi connectivity index (χ2v) is 16.1. The lowest BCUT2D eigenvalue weighted by Gasteiger charge is -2.39. The molecule has 1 aliphatic heterocycles. The van der Waals surface area contributed by atoms with Crippen LogP contribution in [0, 0.1) is 20.8 Å². The summed E-state index contributed by atoms with van der Waals surface area (Å²) in [5.74, 6) is 0. The van der Waals surface area contributed by atoms with Crippen molar-refractivity contribution < 1.29 is 0 Å². The summed E-state index contributed by atoms with van der Waals surface area (Å²) in [6.45, 7) is 12.1. The highest BCUT2D eigenvalue weighted by Gasteiger charge is 2.41. The fraction of sp³-hybridized carbons (Fsp3) is 0.128. The maximum atomic E-state index is 2.57. The number of hydrogen-bond acceptors (Lipinski definition) is 0. The van der Waals surface area contributed by atoms with Gasteiger partial charge in [0.05, 0.1) is 0 Å². The van der Waals surface area contributed by atoms with E-state index in [1.165, 1.54) is 72.0 Å². The highest BCUT2D eigenvalue weighted by molar-refractivity contribution is 7.04. The van der Waals surface area contributed by atoms with Crippen LogP contribution in [-0.4, -0.2) is 8.07 Å². The Hall–Kier alpha value is -4.20. The lowest BCUT2D eigenvalue weighted by atomic mass is 9.79. The SMILES string of the molecule is Cc1cccc(C)c1-c1c(C)c(-c2ccccc2)c2c(c1-c1ccccc1)[Si](C)(C)c1cccc3cccc-2c13. The summed E-state index contributed by atoms with van der Waals surface area (Å²) in [5, 5.41) is 5.90. The van der Waals surface area contributed by atoms with Crippen LogP contribution >= 0.6 is 0 Å². The van der Waals surface area contributed by atoms with Crippen LogP contribution in [-0.2, 0) is 0 Å². The zero-order valence-electron chi connectivity index (χ0n) is 24.0. The third-order valence-corrected chi connectivity index (χ3v) is 12.6. The monoisotopic (exact) mass is 530 g/mol. The Kier molecular flexibility index (Phi) is 5.69. The van der Waals surface area contributed by atoms with E-state index in [9.17, 15) is 0 Å². The van der Waals surface area contributed by atoms with Crippen molar-refractivity contribution in [2.45, 2.75) is 33.9 Å². The minimum atomic E-state index is -2.18. The Balaban J connectivity index is 1.80. The van der Waals surface area contributed by atoms with E-state index in [0.717, 1.165) is 0 Å². The summed E-state index contributed by atoms with van der Waals surface area (Å²) < 4.78 is 0. The van der Waals surface area contributed by atoms with Gasteiger partial charge in [0.1, 0.15) is 8.07 Å². The number of rotatable bonds is 3. The van der Waals surface area contributed by atoms with Crippen molar-refractivity contribution in [2.24, 2.45) is 0 Å². The smallest absolute Gasteiger partial charge is 0.0622 e. The van der Waals surface area contributed by atoms with Crippen LogP contribution in [0.25, 0.3) is 55.3 Å². The van der Waals surface area contributed by atoms with Gasteiger partial charge in [0.15, 0.2) is 0 Å². The van der Waals surface area contributed by atoms with E-state index in [-0.39, 0.29) is 0 Å². The molecule has 0 atom stereocenters. The van der Waals surface area contributed by atoms with Crippen molar-refractivity contribution >= 4 is 29.2 Å². The first-order valence-corrected chi connectivity index (χ1v) is 17.3. The minimum Gasteiger partial charge on any atom is -0.0622 e. The van der Waals surface area contributed by atoms with Gasteiger partial charge in [-0.3, -0.25) is 0 Å². The summed E-state index contributed by atoms with van der Waals surface area (Å²) in [6.07, 6.45) is 0. The molecule has 0 aromatic heterocycles. The predicted molar refractivity (Wildman–Crippen MR) is 177 cm³/mol. The van der Waals surface area contributed by atoms with Crippen LogP contribution in [0.5, 0.6) is 0 Å². The van der Waals surface area contributed by atoms with Crippen molar-refractivity contribution in [3.05, 3.63) is 132 Å². The normalized spacial score (nSPS) is 13.3. The summed E-state index contributed by atoms with van der Waals surface area (Å²) in [6, 6.07) is 42.9. The number of hydrogen-bond donors (Lipinski definition) is 0. The lowest BCUT2D eigenvalue weighted by molar-refractivity contribution is 1.35. The van der Waals surface area contributed by atoms with Gasteiger partial charge in [0.25, 0.3) is 0 Å². The predicted octanol–water partition coefficient (Wildman–Crippen LogP) is 9.57.